The molecule has 0 fully saturated rings. The molecule has 15 heavy (non-hydrogen) atoms. The predicted molar refractivity (Wildman–Crippen MR) is 54.5 cm³/mol. The third-order valence-electron chi connectivity index (χ3n) is 1.86. The van der Waals surface area contributed by atoms with Crippen LogP contribution in [0.1, 0.15) is 11.3 Å². The molecule has 78 valence electrons. The highest BCUT2D eigenvalue weighted by Gasteiger charge is 2.07. The van der Waals surface area contributed by atoms with Gasteiger partial charge in [-0.3, -0.25) is 9.69 Å². The van der Waals surface area contributed by atoms with Gasteiger partial charge in [0.25, 0.3) is 0 Å². The van der Waals surface area contributed by atoms with Gasteiger partial charge in [0.1, 0.15) is 11.8 Å². The van der Waals surface area contributed by atoms with Crippen LogP contribution in [-0.4, -0.2) is 29.4 Å². The van der Waals surface area contributed by atoms with Crippen LogP contribution < -0.4 is 5.73 Å². The van der Waals surface area contributed by atoms with Gasteiger partial charge >= 0.3 is 0 Å². The summed E-state index contributed by atoms with van der Waals surface area (Å²) in [4.78, 5) is 16.3. The standard InChI is InChI=1S/C10H12N4O/c1-14(7-10(12)15)6-8-3-2-4-13-9(8)5-11/h2-4H,6-7H2,1H3,(H2,12,15). The van der Waals surface area contributed by atoms with Crippen LogP contribution in [0, 0.1) is 11.3 Å². The van der Waals surface area contributed by atoms with E-state index in [0.29, 0.717) is 12.2 Å². The van der Waals surface area contributed by atoms with E-state index in [1.807, 2.05) is 12.1 Å². The van der Waals surface area contributed by atoms with E-state index < -0.39 is 0 Å². The summed E-state index contributed by atoms with van der Waals surface area (Å²) in [6, 6.07) is 5.57. The van der Waals surface area contributed by atoms with Gasteiger partial charge in [-0.25, -0.2) is 4.98 Å². The van der Waals surface area contributed by atoms with E-state index in [-0.39, 0.29) is 12.5 Å². The first-order valence-electron chi connectivity index (χ1n) is 4.44. The van der Waals surface area contributed by atoms with Crippen LogP contribution in [0.15, 0.2) is 18.3 Å². The zero-order valence-electron chi connectivity index (χ0n) is 8.47. The number of pyridine rings is 1. The van der Waals surface area contributed by atoms with E-state index in [0.717, 1.165) is 5.56 Å². The predicted octanol–water partition coefficient (Wildman–Crippen LogP) is -0.130. The number of carbonyl (C=O) groups is 1. The summed E-state index contributed by atoms with van der Waals surface area (Å²) < 4.78 is 0. The molecule has 1 aromatic heterocycles. The second-order valence-corrected chi connectivity index (χ2v) is 3.26. The van der Waals surface area contributed by atoms with Crippen LogP contribution in [0.3, 0.4) is 0 Å². The fourth-order valence-electron chi connectivity index (χ4n) is 1.28. The van der Waals surface area contributed by atoms with Crippen molar-refractivity contribution in [2.75, 3.05) is 13.6 Å². The number of carbonyl (C=O) groups excluding carboxylic acids is 1. The molecule has 2 N–H and O–H groups in total. The Bertz CT molecular complexity index is 397. The third-order valence-corrected chi connectivity index (χ3v) is 1.86. The number of hydrogen-bond acceptors (Lipinski definition) is 4. The summed E-state index contributed by atoms with van der Waals surface area (Å²) in [5, 5.41) is 8.79. The topological polar surface area (TPSA) is 83.0 Å². The van der Waals surface area contributed by atoms with E-state index in [1.165, 1.54) is 0 Å². The van der Waals surface area contributed by atoms with Crippen molar-refractivity contribution in [3.05, 3.63) is 29.6 Å². The van der Waals surface area contributed by atoms with Crippen molar-refractivity contribution in [3.63, 3.8) is 0 Å². The van der Waals surface area contributed by atoms with E-state index >= 15 is 0 Å². The molecule has 0 saturated heterocycles. The first kappa shape index (κ1) is 11.1. The number of rotatable bonds is 4. The molecule has 0 unspecified atom stereocenters. The Balaban J connectivity index is 2.72. The monoisotopic (exact) mass is 204 g/mol. The molecule has 0 aliphatic rings. The smallest absolute Gasteiger partial charge is 0.231 e. The van der Waals surface area contributed by atoms with Gasteiger partial charge in [0, 0.05) is 18.3 Å². The quantitative estimate of drug-likeness (QED) is 0.740. The normalized spacial score (nSPS) is 9.93. The van der Waals surface area contributed by atoms with Gasteiger partial charge in [0.2, 0.25) is 5.91 Å². The molecule has 1 heterocycles. The molecule has 0 saturated carbocycles. The van der Waals surface area contributed by atoms with Crippen molar-refractivity contribution in [2.45, 2.75) is 6.54 Å². The largest absolute Gasteiger partial charge is 0.369 e. The van der Waals surface area contributed by atoms with E-state index in [9.17, 15) is 4.79 Å². The maximum Gasteiger partial charge on any atom is 0.231 e. The second kappa shape index (κ2) is 5.08. The van der Waals surface area contributed by atoms with Crippen LogP contribution in [0.4, 0.5) is 0 Å². The molecule has 0 aromatic carbocycles. The Morgan fingerprint density at radius 1 is 1.73 bits per heavy atom. The summed E-state index contributed by atoms with van der Waals surface area (Å²) >= 11 is 0. The lowest BCUT2D eigenvalue weighted by Crippen LogP contribution is -2.30. The zero-order valence-corrected chi connectivity index (χ0v) is 8.47. The fraction of sp³-hybridized carbons (Fsp3) is 0.300. The highest BCUT2D eigenvalue weighted by molar-refractivity contribution is 5.75. The van der Waals surface area contributed by atoms with E-state index in [1.54, 1.807) is 24.2 Å². The van der Waals surface area contributed by atoms with Crippen molar-refractivity contribution in [1.29, 1.82) is 5.26 Å². The Labute approximate surface area is 88.1 Å². The summed E-state index contributed by atoms with van der Waals surface area (Å²) in [7, 11) is 1.76. The van der Waals surface area contributed by atoms with Gasteiger partial charge in [-0.1, -0.05) is 6.07 Å². The van der Waals surface area contributed by atoms with Gasteiger partial charge in [-0.15, -0.1) is 0 Å². The Kier molecular flexibility index (Phi) is 3.77. The fourth-order valence-corrected chi connectivity index (χ4v) is 1.28. The van der Waals surface area contributed by atoms with Crippen molar-refractivity contribution in [2.24, 2.45) is 5.73 Å². The van der Waals surface area contributed by atoms with E-state index in [2.05, 4.69) is 4.98 Å². The molecule has 0 bridgehead atoms. The average molecular weight is 204 g/mol. The summed E-state index contributed by atoms with van der Waals surface area (Å²) in [5.41, 5.74) is 6.23. The molecule has 1 amide bonds. The van der Waals surface area contributed by atoms with Gasteiger partial charge in [-0.2, -0.15) is 5.26 Å². The first-order chi connectivity index (χ1) is 7.13. The number of likely N-dealkylation sites (N-methyl/N-ethyl adjacent to an activating group) is 1. The number of nitriles is 1. The Hall–Kier alpha value is -1.93. The average Bonchev–Trinajstić information content (AvgIpc) is 2.17. The summed E-state index contributed by atoms with van der Waals surface area (Å²) in [5.74, 6) is -0.389. The van der Waals surface area contributed by atoms with Crippen molar-refractivity contribution in [1.82, 2.24) is 9.88 Å². The lowest BCUT2D eigenvalue weighted by molar-refractivity contribution is -0.118. The van der Waals surface area contributed by atoms with Gasteiger partial charge in [0.05, 0.1) is 6.54 Å². The Morgan fingerprint density at radius 2 is 2.47 bits per heavy atom. The van der Waals surface area contributed by atoms with Gasteiger partial charge < -0.3 is 5.73 Å². The second-order valence-electron chi connectivity index (χ2n) is 3.26. The van der Waals surface area contributed by atoms with Crippen LogP contribution in [0.5, 0.6) is 0 Å². The lowest BCUT2D eigenvalue weighted by atomic mass is 10.2. The number of amides is 1. The van der Waals surface area contributed by atoms with Crippen LogP contribution in [0.25, 0.3) is 0 Å². The molecule has 5 heteroatoms. The highest BCUT2D eigenvalue weighted by atomic mass is 16.1. The molecule has 0 aliphatic heterocycles. The molecule has 0 aliphatic carbocycles. The highest BCUT2D eigenvalue weighted by Crippen LogP contribution is 2.06. The van der Waals surface area contributed by atoms with Crippen molar-refractivity contribution in [3.8, 4) is 6.07 Å². The minimum absolute atomic E-state index is 0.166. The van der Waals surface area contributed by atoms with Gasteiger partial charge in [0.15, 0.2) is 0 Å². The minimum atomic E-state index is -0.389. The first-order valence-corrected chi connectivity index (χ1v) is 4.44. The summed E-state index contributed by atoms with van der Waals surface area (Å²) in [6.45, 7) is 0.652. The lowest BCUT2D eigenvalue weighted by Gasteiger charge is -2.14. The number of hydrogen-bond donors (Lipinski definition) is 1. The van der Waals surface area contributed by atoms with Crippen LogP contribution >= 0.6 is 0 Å². The molecule has 1 aromatic rings. The number of nitrogens with two attached hydrogens (primary N) is 1. The third kappa shape index (κ3) is 3.37. The van der Waals surface area contributed by atoms with Crippen molar-refractivity contribution >= 4 is 5.91 Å². The Morgan fingerprint density at radius 3 is 3.07 bits per heavy atom. The van der Waals surface area contributed by atoms with Crippen molar-refractivity contribution < 1.29 is 4.79 Å². The molecular weight excluding hydrogens is 192 g/mol. The maximum atomic E-state index is 10.7. The summed E-state index contributed by atoms with van der Waals surface area (Å²) in [6.07, 6.45) is 1.57. The minimum Gasteiger partial charge on any atom is -0.369 e. The van der Waals surface area contributed by atoms with Gasteiger partial charge in [-0.05, 0) is 13.1 Å². The molecule has 1 rings (SSSR count). The zero-order chi connectivity index (χ0) is 11.3. The number of nitrogens with zero attached hydrogens (tertiary/aromatic N) is 3. The molecule has 0 atom stereocenters. The van der Waals surface area contributed by atoms with E-state index in [4.69, 9.17) is 11.0 Å². The number of primary amides is 1. The molecular formula is C10H12N4O. The number of aromatic nitrogens is 1. The SMILES string of the molecule is CN(CC(N)=O)Cc1cccnc1C#N. The molecule has 0 radical (unpaired) electrons. The van der Waals surface area contributed by atoms with Crippen LogP contribution in [-0.2, 0) is 11.3 Å². The molecule has 0 spiro atoms. The van der Waals surface area contributed by atoms with Crippen LogP contribution in [0.2, 0.25) is 0 Å². The maximum absolute atomic E-state index is 10.7. The molecule has 5 nitrogen and oxygen atoms in total.